The van der Waals surface area contributed by atoms with Gasteiger partial charge in [-0.25, -0.2) is 9.97 Å². The van der Waals surface area contributed by atoms with Crippen LogP contribution in [0.5, 0.6) is 5.88 Å². The number of ether oxygens (including phenoxy) is 1. The van der Waals surface area contributed by atoms with Gasteiger partial charge in [0.25, 0.3) is 5.91 Å². The Bertz CT molecular complexity index is 1000. The van der Waals surface area contributed by atoms with Gasteiger partial charge in [-0.15, -0.1) is 11.3 Å². The molecule has 1 saturated carbocycles. The Morgan fingerprint density at radius 3 is 2.72 bits per heavy atom. The van der Waals surface area contributed by atoms with E-state index in [-0.39, 0.29) is 6.10 Å². The van der Waals surface area contributed by atoms with Crippen molar-refractivity contribution in [3.05, 3.63) is 58.6 Å². The van der Waals surface area contributed by atoms with Crippen LogP contribution in [0.4, 0.5) is 5.13 Å². The Balaban J connectivity index is 1.33. The number of anilines is 1. The highest BCUT2D eigenvalue weighted by Gasteiger charge is 2.24. The first-order valence-corrected chi connectivity index (χ1v) is 10.7. The van der Waals surface area contributed by atoms with E-state index >= 15 is 0 Å². The molecule has 1 amide bonds. The second-order valence-electron chi connectivity index (χ2n) is 6.97. The molecule has 0 radical (unpaired) electrons. The van der Waals surface area contributed by atoms with Gasteiger partial charge in [0.15, 0.2) is 5.13 Å². The van der Waals surface area contributed by atoms with E-state index in [1.165, 1.54) is 0 Å². The van der Waals surface area contributed by atoms with Crippen molar-refractivity contribution >= 4 is 34.0 Å². The van der Waals surface area contributed by atoms with E-state index in [2.05, 4.69) is 15.3 Å². The van der Waals surface area contributed by atoms with Crippen molar-refractivity contribution < 1.29 is 9.53 Å². The monoisotopic (exact) mass is 428 g/mol. The van der Waals surface area contributed by atoms with Crippen molar-refractivity contribution in [3.8, 4) is 17.1 Å². The van der Waals surface area contributed by atoms with Crippen molar-refractivity contribution in [1.29, 1.82) is 0 Å². The third kappa shape index (κ3) is 4.68. The zero-order valence-electron chi connectivity index (χ0n) is 15.7. The van der Waals surface area contributed by atoms with Crippen LogP contribution < -0.4 is 15.8 Å². The third-order valence-corrected chi connectivity index (χ3v) is 6.07. The number of nitrogens with one attached hydrogen (secondary N) is 1. The Morgan fingerprint density at radius 2 is 1.97 bits per heavy atom. The van der Waals surface area contributed by atoms with E-state index in [1.807, 2.05) is 29.6 Å². The molecule has 1 fully saturated rings. The van der Waals surface area contributed by atoms with Crippen LogP contribution in [0.3, 0.4) is 0 Å². The highest BCUT2D eigenvalue weighted by molar-refractivity contribution is 7.14. The lowest BCUT2D eigenvalue weighted by molar-refractivity contribution is 0.0983. The fourth-order valence-corrected chi connectivity index (χ4v) is 4.48. The lowest BCUT2D eigenvalue weighted by atomic mass is 9.93. The molecule has 3 aromatic rings. The number of rotatable bonds is 6. The minimum absolute atomic E-state index is 0.0241. The summed E-state index contributed by atoms with van der Waals surface area (Å²) in [5.74, 6) is -0.206. The summed E-state index contributed by atoms with van der Waals surface area (Å²) in [5, 5.41) is 7.14. The van der Waals surface area contributed by atoms with Gasteiger partial charge in [-0.05, 0) is 43.9 Å². The molecule has 0 spiro atoms. The third-order valence-electron chi connectivity index (χ3n) is 4.97. The number of benzene rings is 1. The average Bonchev–Trinajstić information content (AvgIpc) is 3.18. The molecular weight excluding hydrogens is 408 g/mol. The number of pyridine rings is 1. The van der Waals surface area contributed by atoms with Crippen molar-refractivity contribution in [2.75, 3.05) is 5.32 Å². The first-order valence-electron chi connectivity index (χ1n) is 9.48. The van der Waals surface area contributed by atoms with Crippen LogP contribution >= 0.6 is 22.9 Å². The number of nitrogens with zero attached hydrogens (tertiary/aromatic N) is 2. The van der Waals surface area contributed by atoms with Gasteiger partial charge in [0.1, 0.15) is 11.7 Å². The Kier molecular flexibility index (Phi) is 5.97. The molecule has 0 saturated heterocycles. The van der Waals surface area contributed by atoms with E-state index in [0.29, 0.717) is 22.5 Å². The van der Waals surface area contributed by atoms with E-state index < -0.39 is 5.91 Å². The minimum Gasteiger partial charge on any atom is -0.474 e. The summed E-state index contributed by atoms with van der Waals surface area (Å²) in [6.07, 6.45) is 5.27. The summed E-state index contributed by atoms with van der Waals surface area (Å²) in [6.45, 7) is 0. The highest BCUT2D eigenvalue weighted by Crippen LogP contribution is 2.32. The lowest BCUT2D eigenvalue weighted by Crippen LogP contribution is -2.31. The van der Waals surface area contributed by atoms with E-state index in [0.717, 1.165) is 42.1 Å². The molecule has 2 heterocycles. The van der Waals surface area contributed by atoms with Crippen molar-refractivity contribution in [2.45, 2.75) is 37.8 Å². The number of halogens is 1. The van der Waals surface area contributed by atoms with Gasteiger partial charge in [0.05, 0.1) is 5.69 Å². The average molecular weight is 429 g/mol. The SMILES string of the molecule is NC(=O)c1cccnc1O[C@H]1CC[C@H](Nc2nc(-c3ccccc3Cl)cs2)CC1. The molecule has 0 unspecified atom stereocenters. The van der Waals surface area contributed by atoms with Crippen LogP contribution in [0.25, 0.3) is 11.3 Å². The second-order valence-corrected chi connectivity index (χ2v) is 8.24. The number of aromatic nitrogens is 2. The standard InChI is InChI=1S/C21H21ClN4O2S/c22-17-6-2-1-4-15(17)18-12-29-21(26-18)25-13-7-9-14(10-8-13)28-20-16(19(23)27)5-3-11-24-20/h1-6,11-14H,7-10H2,(H2,23,27)(H,25,26)/t13-,14-. The van der Waals surface area contributed by atoms with Crippen LogP contribution in [-0.2, 0) is 0 Å². The Hall–Kier alpha value is -2.64. The molecule has 0 atom stereocenters. The maximum Gasteiger partial charge on any atom is 0.254 e. The summed E-state index contributed by atoms with van der Waals surface area (Å²) >= 11 is 7.85. The zero-order valence-corrected chi connectivity index (χ0v) is 17.2. The summed E-state index contributed by atoms with van der Waals surface area (Å²) < 4.78 is 5.95. The van der Waals surface area contributed by atoms with Crippen molar-refractivity contribution in [3.63, 3.8) is 0 Å². The topological polar surface area (TPSA) is 90.1 Å². The number of amides is 1. The normalized spacial score (nSPS) is 18.9. The van der Waals surface area contributed by atoms with Gasteiger partial charge in [-0.1, -0.05) is 29.8 Å². The maximum absolute atomic E-state index is 11.5. The minimum atomic E-state index is -0.526. The van der Waals surface area contributed by atoms with Gasteiger partial charge in [-0.3, -0.25) is 4.79 Å². The summed E-state index contributed by atoms with van der Waals surface area (Å²) in [7, 11) is 0. The molecule has 1 aromatic carbocycles. The van der Waals surface area contributed by atoms with Crippen LogP contribution in [0.1, 0.15) is 36.0 Å². The molecule has 6 nitrogen and oxygen atoms in total. The summed E-state index contributed by atoms with van der Waals surface area (Å²) in [5.41, 5.74) is 7.54. The Labute approximate surface area is 178 Å². The molecule has 1 aliphatic carbocycles. The van der Waals surface area contributed by atoms with Crippen LogP contribution in [-0.4, -0.2) is 28.0 Å². The van der Waals surface area contributed by atoms with Gasteiger partial charge < -0.3 is 15.8 Å². The van der Waals surface area contributed by atoms with Crippen LogP contribution in [0.2, 0.25) is 5.02 Å². The highest BCUT2D eigenvalue weighted by atomic mass is 35.5. The van der Waals surface area contributed by atoms with E-state index in [4.69, 9.17) is 22.1 Å². The number of carbonyl (C=O) groups excluding carboxylic acids is 1. The predicted molar refractivity (Wildman–Crippen MR) is 116 cm³/mol. The summed E-state index contributed by atoms with van der Waals surface area (Å²) in [6, 6.07) is 11.4. The second kappa shape index (κ2) is 8.80. The molecule has 1 aliphatic rings. The fourth-order valence-electron chi connectivity index (χ4n) is 3.46. The molecule has 4 rings (SSSR count). The first-order chi connectivity index (χ1) is 14.1. The van der Waals surface area contributed by atoms with Gasteiger partial charge in [0, 0.05) is 28.2 Å². The van der Waals surface area contributed by atoms with Crippen molar-refractivity contribution in [1.82, 2.24) is 9.97 Å². The fraction of sp³-hybridized carbons (Fsp3) is 0.286. The van der Waals surface area contributed by atoms with Gasteiger partial charge >= 0.3 is 0 Å². The lowest BCUT2D eigenvalue weighted by Gasteiger charge is -2.29. The first kappa shape index (κ1) is 19.7. The van der Waals surface area contributed by atoms with Crippen LogP contribution in [0.15, 0.2) is 48.0 Å². The van der Waals surface area contributed by atoms with Crippen molar-refractivity contribution in [2.24, 2.45) is 5.73 Å². The van der Waals surface area contributed by atoms with Crippen LogP contribution in [0, 0.1) is 0 Å². The largest absolute Gasteiger partial charge is 0.474 e. The number of hydrogen-bond donors (Lipinski definition) is 2. The zero-order chi connectivity index (χ0) is 20.2. The molecular formula is C21H21ClN4O2S. The van der Waals surface area contributed by atoms with E-state index in [9.17, 15) is 4.79 Å². The van der Waals surface area contributed by atoms with E-state index in [1.54, 1.807) is 29.7 Å². The van der Waals surface area contributed by atoms with Gasteiger partial charge in [-0.2, -0.15) is 0 Å². The molecule has 0 aliphatic heterocycles. The molecule has 150 valence electrons. The number of carbonyl (C=O) groups is 1. The molecule has 2 aromatic heterocycles. The number of thiazole rings is 1. The quantitative estimate of drug-likeness (QED) is 0.590. The molecule has 3 N–H and O–H groups in total. The molecule has 29 heavy (non-hydrogen) atoms. The maximum atomic E-state index is 11.5. The van der Waals surface area contributed by atoms with Gasteiger partial charge in [0.2, 0.25) is 5.88 Å². The summed E-state index contributed by atoms with van der Waals surface area (Å²) in [4.78, 5) is 20.4. The molecule has 0 bridgehead atoms. The predicted octanol–water partition coefficient (Wildman–Crippen LogP) is 4.76. The number of primary amides is 1. The Morgan fingerprint density at radius 1 is 1.17 bits per heavy atom. The number of nitrogens with two attached hydrogens (primary N) is 1. The smallest absolute Gasteiger partial charge is 0.254 e. The molecule has 8 heteroatoms. The number of hydrogen-bond acceptors (Lipinski definition) is 6.